The van der Waals surface area contributed by atoms with Gasteiger partial charge in [0, 0.05) is 27.0 Å². The van der Waals surface area contributed by atoms with Gasteiger partial charge in [0.1, 0.15) is 7.05 Å². The number of fused-ring (bicyclic) bond motifs is 2. The lowest BCUT2D eigenvalue weighted by Crippen LogP contribution is -2.30. The Bertz CT molecular complexity index is 960. The molecule has 6 heteroatoms. The Hall–Kier alpha value is -2.02. The van der Waals surface area contributed by atoms with Gasteiger partial charge in [-0.3, -0.25) is 4.18 Å². The Morgan fingerprint density at radius 2 is 1.45 bits per heavy atom. The molecule has 5 nitrogen and oxygen atoms in total. The number of nitrogens with zero attached hydrogens (tertiary/aromatic N) is 1. The number of benzene rings is 2. The number of hydrogen-bond donors (Lipinski definition) is 0. The van der Waals surface area contributed by atoms with E-state index in [2.05, 4.69) is 4.18 Å². The first-order valence-electron chi connectivity index (χ1n) is 7.87. The number of para-hydroxylation sites is 2. The van der Waals surface area contributed by atoms with Crippen LogP contribution in [0.1, 0.15) is 9.68 Å². The maximum Gasteiger partial charge on any atom is 0.217 e. The number of aromatic nitrogens is 1. The van der Waals surface area contributed by atoms with Crippen LogP contribution in [0.2, 0.25) is 0 Å². The molecule has 0 atom stereocenters. The van der Waals surface area contributed by atoms with Gasteiger partial charge in [0.25, 0.3) is 0 Å². The van der Waals surface area contributed by atoms with Gasteiger partial charge < -0.3 is 4.55 Å². The van der Waals surface area contributed by atoms with Crippen molar-refractivity contribution < 1.29 is 25.8 Å². The lowest BCUT2D eigenvalue weighted by Gasteiger charge is -2.05. The van der Waals surface area contributed by atoms with E-state index >= 15 is 0 Å². The lowest BCUT2D eigenvalue weighted by atomic mass is 10.0. The van der Waals surface area contributed by atoms with Crippen molar-refractivity contribution in [2.24, 2.45) is 7.05 Å². The molecule has 0 aliphatic heterocycles. The summed E-state index contributed by atoms with van der Waals surface area (Å²) in [5.41, 5.74) is 2.32. The first-order valence-corrected chi connectivity index (χ1v) is 7.71. The molecule has 0 fully saturated rings. The summed E-state index contributed by atoms with van der Waals surface area (Å²) in [6, 6.07) is 15.3. The zero-order valence-electron chi connectivity index (χ0n) is 15.1. The molecule has 22 heavy (non-hydrogen) atoms. The van der Waals surface area contributed by atoms with Crippen LogP contribution < -0.4 is 4.57 Å². The largest absolute Gasteiger partial charge is 0.726 e. The Morgan fingerprint density at radius 3 is 1.82 bits per heavy atom. The minimum atomic E-state index is -4.41. The van der Waals surface area contributed by atoms with E-state index in [-0.39, 0.29) is 0 Å². The average molecular weight is 322 g/mol. The Labute approximate surface area is 133 Å². The van der Waals surface area contributed by atoms with Gasteiger partial charge in [0.2, 0.25) is 21.4 Å². The molecule has 0 aliphatic rings. The fourth-order valence-electron chi connectivity index (χ4n) is 2.23. The second-order valence-corrected chi connectivity index (χ2v) is 5.69. The molecule has 3 aromatic rings. The highest BCUT2D eigenvalue weighted by Gasteiger charge is 2.13. The molecule has 0 unspecified atom stereocenters. The molecular weight excluding hydrogens is 302 g/mol. The molecule has 0 saturated heterocycles. The van der Waals surface area contributed by atoms with Gasteiger partial charge in [-0.2, -0.15) is 4.57 Å². The summed E-state index contributed by atoms with van der Waals surface area (Å²) in [5, 5.41) is 1.59. The molecule has 3 rings (SSSR count). The predicted molar refractivity (Wildman–Crippen MR) is 84.1 cm³/mol. The van der Waals surface area contributed by atoms with Crippen molar-refractivity contribution in [3.63, 3.8) is 0 Å². The van der Waals surface area contributed by atoms with Crippen molar-refractivity contribution in [2.45, 2.75) is 6.85 Å². The quantitative estimate of drug-likeness (QED) is 0.298. The fraction of sp³-hybridized carbons (Fsp3) is 0.188. The maximum absolute atomic E-state index is 9.22. The zero-order chi connectivity index (χ0) is 18.8. The van der Waals surface area contributed by atoms with Gasteiger partial charge in [-0.05, 0) is 24.5 Å². The maximum atomic E-state index is 9.22. The molecule has 0 spiro atoms. The highest BCUT2D eigenvalue weighted by Crippen LogP contribution is 2.22. The van der Waals surface area contributed by atoms with E-state index in [0.29, 0.717) is 5.56 Å². The summed E-state index contributed by atoms with van der Waals surface area (Å²) >= 11 is 0. The van der Waals surface area contributed by atoms with Crippen molar-refractivity contribution in [3.8, 4) is 0 Å². The number of hydrogen-bond acceptors (Lipinski definition) is 4. The third-order valence-electron chi connectivity index (χ3n) is 3.27. The number of aryl methyl sites for hydroxylation is 2. The van der Waals surface area contributed by atoms with Crippen molar-refractivity contribution in [3.05, 3.63) is 54.1 Å². The van der Waals surface area contributed by atoms with E-state index in [0.717, 1.165) is 28.9 Å². The predicted octanol–water partition coefficient (Wildman–Crippen LogP) is 2.22. The van der Waals surface area contributed by atoms with E-state index in [1.54, 1.807) is 0 Å². The molecule has 1 aromatic heterocycles. The van der Waals surface area contributed by atoms with Gasteiger partial charge in [-0.25, -0.2) is 8.42 Å². The third-order valence-corrected chi connectivity index (χ3v) is 3.68. The van der Waals surface area contributed by atoms with Gasteiger partial charge in [0.05, 0.1) is 7.11 Å². The Balaban J connectivity index is 0.000000326. The minimum absolute atomic E-state index is 0.441. The molecular formula is C16H17NO4S. The first-order chi connectivity index (χ1) is 11.6. The third kappa shape index (κ3) is 3.41. The molecule has 0 bridgehead atoms. The Morgan fingerprint density at radius 1 is 1.05 bits per heavy atom. The summed E-state index contributed by atoms with van der Waals surface area (Å²) in [4.78, 5) is 0. The summed E-state index contributed by atoms with van der Waals surface area (Å²) in [7, 11) is -1.64. The fourth-order valence-corrected chi connectivity index (χ4v) is 2.23. The van der Waals surface area contributed by atoms with Crippen LogP contribution >= 0.6 is 0 Å². The molecule has 0 N–H and O–H groups in total. The van der Waals surface area contributed by atoms with Crippen molar-refractivity contribution in [2.75, 3.05) is 7.11 Å². The molecule has 0 aliphatic carbocycles. The topological polar surface area (TPSA) is 70.3 Å². The molecule has 116 valence electrons. The molecule has 2 aromatic carbocycles. The summed E-state index contributed by atoms with van der Waals surface area (Å²) in [5.74, 6) is 0. The van der Waals surface area contributed by atoms with Crippen LogP contribution in [-0.2, 0) is 21.6 Å². The summed E-state index contributed by atoms with van der Waals surface area (Å²) in [6.07, 6.45) is 0. The lowest BCUT2D eigenvalue weighted by molar-refractivity contribution is -0.617. The zero-order valence-corrected chi connectivity index (χ0v) is 12.9. The first kappa shape index (κ1) is 12.5. The van der Waals surface area contributed by atoms with E-state index in [9.17, 15) is 13.0 Å². The standard InChI is InChI=1S/C15H14N.CH4O4S/c1-11-12-7-3-5-9-14(12)16(2)15-10-6-4-8-13(11)15;1-5-6(2,3)4/h3-10H,1-2H3;1H3,(H,2,3,4)/q+1;/p-1/i1D3;. The van der Waals surface area contributed by atoms with Crippen LogP contribution in [0.5, 0.6) is 0 Å². The van der Waals surface area contributed by atoms with Crippen LogP contribution in [0.3, 0.4) is 0 Å². The molecule has 0 radical (unpaired) electrons. The van der Waals surface area contributed by atoms with E-state index in [1.165, 1.54) is 0 Å². The van der Waals surface area contributed by atoms with Crippen molar-refractivity contribution in [1.82, 2.24) is 0 Å². The van der Waals surface area contributed by atoms with E-state index < -0.39 is 17.3 Å². The van der Waals surface area contributed by atoms with Gasteiger partial charge in [-0.15, -0.1) is 0 Å². The highest BCUT2D eigenvalue weighted by atomic mass is 32.3. The minimum Gasteiger partial charge on any atom is -0.726 e. The summed E-state index contributed by atoms with van der Waals surface area (Å²) < 4.78 is 56.6. The normalized spacial score (nSPS) is 13.9. The van der Waals surface area contributed by atoms with Crippen molar-refractivity contribution in [1.29, 1.82) is 0 Å². The molecule has 1 heterocycles. The second-order valence-electron chi connectivity index (χ2n) is 4.54. The van der Waals surface area contributed by atoms with Crippen LogP contribution in [0.4, 0.5) is 0 Å². The van der Waals surface area contributed by atoms with E-state index in [1.807, 2.05) is 60.1 Å². The van der Waals surface area contributed by atoms with Crippen LogP contribution in [-0.4, -0.2) is 20.1 Å². The number of pyridine rings is 1. The summed E-state index contributed by atoms with van der Waals surface area (Å²) in [6.45, 7) is -2.12. The van der Waals surface area contributed by atoms with Gasteiger partial charge >= 0.3 is 0 Å². The van der Waals surface area contributed by atoms with Crippen molar-refractivity contribution >= 4 is 32.2 Å². The average Bonchev–Trinajstić information content (AvgIpc) is 2.54. The number of rotatable bonds is 1. The monoisotopic (exact) mass is 322 g/mol. The van der Waals surface area contributed by atoms with Crippen LogP contribution in [0, 0.1) is 6.85 Å². The van der Waals surface area contributed by atoms with Gasteiger partial charge in [-0.1, -0.05) is 24.3 Å². The van der Waals surface area contributed by atoms with E-state index in [4.69, 9.17) is 4.11 Å². The molecule has 0 saturated carbocycles. The Kier molecular flexibility index (Phi) is 3.64. The molecule has 0 amide bonds. The second kappa shape index (κ2) is 6.39. The highest BCUT2D eigenvalue weighted by molar-refractivity contribution is 7.80. The smallest absolute Gasteiger partial charge is 0.217 e. The van der Waals surface area contributed by atoms with Crippen LogP contribution in [0.15, 0.2) is 48.5 Å². The SMILES string of the molecule is COS(=O)(=O)[O-].[2H]C([2H])([2H])c1c2ccccc2[n+](C)c2ccccc12. The van der Waals surface area contributed by atoms with Crippen LogP contribution in [0.25, 0.3) is 21.8 Å². The van der Waals surface area contributed by atoms with Gasteiger partial charge in [0.15, 0.2) is 0 Å².